The van der Waals surface area contributed by atoms with Crippen LogP contribution in [0, 0.1) is 17.3 Å². The number of hydrogen-bond acceptors (Lipinski definition) is 10. The van der Waals surface area contributed by atoms with Gasteiger partial charge in [-0.1, -0.05) is 32.9 Å². The van der Waals surface area contributed by atoms with Crippen molar-refractivity contribution in [3.05, 3.63) is 82.8 Å². The number of amides is 3. The van der Waals surface area contributed by atoms with E-state index in [0.29, 0.717) is 56.6 Å². The Balaban J connectivity index is 1.35. The number of aryl methyl sites for hydroxylation is 1. The second kappa shape index (κ2) is 18.6. The highest BCUT2D eigenvalue weighted by Gasteiger charge is 2.38. The van der Waals surface area contributed by atoms with E-state index in [4.69, 9.17) is 14.5 Å². The van der Waals surface area contributed by atoms with Crippen molar-refractivity contribution in [2.24, 2.45) is 17.3 Å². The maximum atomic E-state index is 14.6. The van der Waals surface area contributed by atoms with Crippen LogP contribution in [0.2, 0.25) is 0 Å². The number of carbonyl (C=O) groups excluding carboxylic acids is 4. The number of aromatic nitrogens is 2. The molecular formula is C49H63N7O7. The molecule has 336 valence electrons. The summed E-state index contributed by atoms with van der Waals surface area (Å²) in [5, 5.41) is 19.9. The van der Waals surface area contributed by atoms with Crippen LogP contribution < -0.4 is 16.1 Å². The Morgan fingerprint density at radius 1 is 1.11 bits per heavy atom. The smallest absolute Gasteiger partial charge is 0.324 e. The molecule has 63 heavy (non-hydrogen) atoms. The fourth-order valence-corrected chi connectivity index (χ4v) is 9.51. The summed E-state index contributed by atoms with van der Waals surface area (Å²) in [4.78, 5) is 62.8. The van der Waals surface area contributed by atoms with Crippen LogP contribution in [0.25, 0.3) is 33.3 Å². The van der Waals surface area contributed by atoms with Gasteiger partial charge in [-0.15, -0.1) is 0 Å². The average Bonchev–Trinajstić information content (AvgIpc) is 3.83. The summed E-state index contributed by atoms with van der Waals surface area (Å²) in [6.07, 6.45) is 3.05. The highest BCUT2D eigenvalue weighted by molar-refractivity contribution is 6.01. The van der Waals surface area contributed by atoms with Gasteiger partial charge in [0.05, 0.1) is 30.0 Å². The summed E-state index contributed by atoms with van der Waals surface area (Å²) >= 11 is 0. The number of esters is 1. The first-order valence-electron chi connectivity index (χ1n) is 22.2. The molecule has 4 aromatic rings. The summed E-state index contributed by atoms with van der Waals surface area (Å²) in [6, 6.07) is 13.6. The van der Waals surface area contributed by atoms with Gasteiger partial charge in [0, 0.05) is 68.3 Å². The van der Waals surface area contributed by atoms with E-state index in [9.17, 15) is 24.3 Å². The first-order chi connectivity index (χ1) is 30.0. The van der Waals surface area contributed by atoms with E-state index in [0.717, 1.165) is 44.5 Å². The maximum Gasteiger partial charge on any atom is 0.324 e. The van der Waals surface area contributed by atoms with Gasteiger partial charge in [0.1, 0.15) is 23.5 Å². The van der Waals surface area contributed by atoms with Crippen LogP contribution in [-0.4, -0.2) is 101 Å². The Labute approximate surface area is 370 Å². The van der Waals surface area contributed by atoms with Crippen molar-refractivity contribution in [1.29, 1.82) is 0 Å². The third kappa shape index (κ3) is 9.39. The van der Waals surface area contributed by atoms with Crippen molar-refractivity contribution >= 4 is 34.6 Å². The lowest BCUT2D eigenvalue weighted by molar-refractivity contribution is -0.155. The number of cyclic esters (lactones) is 1. The topological polar surface area (TPSA) is 167 Å². The Hall–Kier alpha value is -5.57. The minimum atomic E-state index is -1.14. The molecule has 2 saturated heterocycles. The number of aromatic hydroxyl groups is 1. The van der Waals surface area contributed by atoms with E-state index in [1.165, 1.54) is 9.91 Å². The molecule has 14 nitrogen and oxygen atoms in total. The number of pyridine rings is 1. The van der Waals surface area contributed by atoms with Crippen molar-refractivity contribution in [2.45, 2.75) is 98.9 Å². The normalized spacial score (nSPS) is 22.0. The third-order valence-corrected chi connectivity index (χ3v) is 12.9. The molecule has 5 atom stereocenters. The molecule has 5 heterocycles. The molecule has 7 rings (SSSR count). The highest BCUT2D eigenvalue weighted by Crippen LogP contribution is 2.42. The zero-order valence-electron chi connectivity index (χ0n) is 38.1. The number of phenols is 1. The Bertz CT molecular complexity index is 2440. The minimum Gasteiger partial charge on any atom is -0.508 e. The molecule has 0 unspecified atom stereocenters. The van der Waals surface area contributed by atoms with Crippen molar-refractivity contribution in [3.8, 4) is 28.1 Å². The van der Waals surface area contributed by atoms with Crippen molar-refractivity contribution < 1.29 is 33.8 Å². The Morgan fingerprint density at radius 2 is 1.89 bits per heavy atom. The number of nitrogens with zero attached hydrogens (tertiary/aromatic N) is 4. The first kappa shape index (κ1) is 45.5. The summed E-state index contributed by atoms with van der Waals surface area (Å²) in [6.45, 7) is 16.1. The van der Waals surface area contributed by atoms with Crippen LogP contribution in [0.1, 0.15) is 84.2 Å². The number of hydrogen-bond donors (Lipinski definition) is 4. The number of phenolic OH excluding ortho intramolecular Hbond substituents is 1. The average molecular weight is 862 g/mol. The lowest BCUT2D eigenvalue weighted by atomic mass is 9.84. The van der Waals surface area contributed by atoms with Crippen LogP contribution in [0.5, 0.6) is 5.75 Å². The van der Waals surface area contributed by atoms with Gasteiger partial charge >= 0.3 is 5.97 Å². The second-order valence-electron chi connectivity index (χ2n) is 18.5. The van der Waals surface area contributed by atoms with Gasteiger partial charge in [-0.3, -0.25) is 29.2 Å². The number of fused-ring (bicyclic) bond motifs is 6. The lowest BCUT2D eigenvalue weighted by Crippen LogP contribution is -2.60. The number of methoxy groups -OCH3 is 1. The minimum absolute atomic E-state index is 0.00442. The van der Waals surface area contributed by atoms with Crippen LogP contribution in [-0.2, 0) is 48.0 Å². The molecule has 0 saturated carbocycles. The molecule has 3 aliphatic heterocycles. The molecular weight excluding hydrogens is 799 g/mol. The first-order valence-corrected chi connectivity index (χ1v) is 22.2. The molecule has 14 heteroatoms. The van der Waals surface area contributed by atoms with Gasteiger partial charge in [-0.25, -0.2) is 5.43 Å². The molecule has 4 N–H and O–H groups in total. The van der Waals surface area contributed by atoms with Gasteiger partial charge in [-0.05, 0) is 124 Å². The number of benzene rings is 2. The monoisotopic (exact) mass is 861 g/mol. The third-order valence-electron chi connectivity index (χ3n) is 12.9. The molecule has 2 fully saturated rings. The fraction of sp³-hybridized carbons (Fsp3) is 0.490. The number of ether oxygens (including phenoxy) is 2. The maximum absolute atomic E-state index is 14.6. The number of rotatable bonds is 8. The van der Waals surface area contributed by atoms with E-state index in [1.807, 2.05) is 32.0 Å². The van der Waals surface area contributed by atoms with Gasteiger partial charge < -0.3 is 34.7 Å². The summed E-state index contributed by atoms with van der Waals surface area (Å²) < 4.78 is 14.2. The molecule has 2 aromatic heterocycles. The lowest BCUT2D eigenvalue weighted by Gasteiger charge is -2.36. The zero-order valence-corrected chi connectivity index (χ0v) is 38.1. The summed E-state index contributed by atoms with van der Waals surface area (Å²) in [5.74, 6) is -1.88. The summed E-state index contributed by atoms with van der Waals surface area (Å²) in [7, 11) is 3.28. The predicted octanol–water partition coefficient (Wildman–Crippen LogP) is 6.06. The molecule has 2 aromatic carbocycles. The van der Waals surface area contributed by atoms with E-state index in [2.05, 4.69) is 59.6 Å². The van der Waals surface area contributed by atoms with Crippen LogP contribution in [0.3, 0.4) is 0 Å². The van der Waals surface area contributed by atoms with Crippen LogP contribution in [0.15, 0.2) is 66.0 Å². The van der Waals surface area contributed by atoms with Gasteiger partial charge in [0.25, 0.3) is 11.8 Å². The standard InChI is InChI=1S/C49H63N7O7/c1-10-55-41-16-15-32-23-36(41)37(44(55)35-13-11-17-51-42(35)30(5)62-9)24-49(6,7)27-63-48(61)39-14-12-18-56(53-39)47(60)40(21-31-19-33(32)22-34(57)20-31)52-45(58)43(28(2)3)54(8)46(59)38-26-50-25-29(38)4/h11,13,15-17,19-20,22-23,29-30,38-40,50,53,57H,10,12,14,18,21,24-27H2,1-9H3,(H,52,58)/t29-,30+,38+,39+,40+/m1/s1. The number of nitrogens with one attached hydrogen (secondary N) is 3. The summed E-state index contributed by atoms with van der Waals surface area (Å²) in [5.41, 5.74) is 10.4. The molecule has 0 spiro atoms. The van der Waals surface area contributed by atoms with E-state index in [-0.39, 0.29) is 48.3 Å². The number of carbonyl (C=O) groups is 4. The van der Waals surface area contributed by atoms with Crippen LogP contribution in [0.4, 0.5) is 0 Å². The molecule has 0 aliphatic carbocycles. The van der Waals surface area contributed by atoms with Crippen LogP contribution >= 0.6 is 0 Å². The zero-order chi connectivity index (χ0) is 45.3. The quantitative estimate of drug-likeness (QED) is 0.121. The van der Waals surface area contributed by atoms with Gasteiger partial charge in [0.2, 0.25) is 5.91 Å². The van der Waals surface area contributed by atoms with E-state index < -0.39 is 35.3 Å². The number of hydrazine groups is 1. The molecule has 0 radical (unpaired) electrons. The molecule has 6 bridgehead atoms. The van der Waals surface area contributed by atoms with Gasteiger partial charge in [-0.2, -0.15) is 0 Å². The Morgan fingerprint density at radius 3 is 2.59 bits per heavy atom. The molecule has 3 amide bonds. The Kier molecular flexibility index (Phi) is 13.5. The van der Waals surface area contributed by atoms with Gasteiger partial charge in [0.15, 0.2) is 0 Å². The predicted molar refractivity (Wildman–Crippen MR) is 242 cm³/mol. The number of allylic oxidation sites excluding steroid dienone is 1. The van der Waals surface area contributed by atoms with Crippen molar-refractivity contribution in [3.63, 3.8) is 0 Å². The highest BCUT2D eigenvalue weighted by atomic mass is 16.5. The fourth-order valence-electron chi connectivity index (χ4n) is 9.51. The van der Waals surface area contributed by atoms with E-state index in [1.54, 1.807) is 46.3 Å². The van der Waals surface area contributed by atoms with Crippen molar-refractivity contribution in [2.75, 3.05) is 40.4 Å². The largest absolute Gasteiger partial charge is 0.508 e. The molecule has 3 aliphatic rings. The number of likely N-dealkylation sites (N-methyl/N-ethyl adjacent to an activating group) is 1. The SMILES string of the molecule is CCn1c(-c2cccnc2[C@H](C)OC)c2c3cc(ccc31)-c1cc(O)cc(c1)C[C@H](NC(=O)C(=C(C)C)N(C)C(=O)[C@H]1CNC[C@H]1C)C(=O)N1CCC[C@H](N1)C(=O)OCC(C)(C)C2. The van der Waals surface area contributed by atoms with Crippen molar-refractivity contribution in [1.82, 2.24) is 35.5 Å². The second-order valence-corrected chi connectivity index (χ2v) is 18.5. The van der Waals surface area contributed by atoms with E-state index >= 15 is 0 Å².